The summed E-state index contributed by atoms with van der Waals surface area (Å²) in [4.78, 5) is 0. The van der Waals surface area contributed by atoms with Gasteiger partial charge >= 0.3 is 0 Å². The van der Waals surface area contributed by atoms with Crippen LogP contribution >= 0.6 is 23.5 Å². The SMILES string of the molecule is COc1ccc(C2(C#N)CC3CC(=C4SCCCS4)CC3C2)cc1OC1CCCC1. The fraction of sp³-hybridized carbons (Fsp3) is 0.640. The van der Waals surface area contributed by atoms with Crippen LogP contribution in [0.25, 0.3) is 0 Å². The fourth-order valence-electron chi connectivity index (χ4n) is 5.95. The summed E-state index contributed by atoms with van der Waals surface area (Å²) in [5.74, 6) is 5.47. The minimum absolute atomic E-state index is 0.287. The summed E-state index contributed by atoms with van der Waals surface area (Å²) in [6.07, 6.45) is 10.7. The Bertz CT molecular complexity index is 844. The predicted molar refractivity (Wildman–Crippen MR) is 125 cm³/mol. The molecule has 1 aromatic rings. The quantitative estimate of drug-likeness (QED) is 0.521. The summed E-state index contributed by atoms with van der Waals surface area (Å²) >= 11 is 4.14. The lowest BCUT2D eigenvalue weighted by molar-refractivity contribution is 0.200. The van der Waals surface area contributed by atoms with Crippen LogP contribution in [0.2, 0.25) is 0 Å². The third kappa shape index (κ3) is 3.86. The number of fused-ring (bicyclic) bond motifs is 1. The maximum atomic E-state index is 10.3. The zero-order valence-corrected chi connectivity index (χ0v) is 19.5. The maximum absolute atomic E-state index is 10.3. The van der Waals surface area contributed by atoms with E-state index in [9.17, 15) is 5.26 Å². The molecule has 0 bridgehead atoms. The number of hydrogen-bond donors (Lipinski definition) is 0. The van der Waals surface area contributed by atoms with E-state index in [1.54, 1.807) is 16.9 Å². The zero-order chi connectivity index (χ0) is 20.6. The van der Waals surface area contributed by atoms with Crippen molar-refractivity contribution in [2.24, 2.45) is 11.8 Å². The van der Waals surface area contributed by atoms with Crippen molar-refractivity contribution in [1.29, 1.82) is 5.26 Å². The molecular weight excluding hydrogens is 410 g/mol. The third-order valence-corrected chi connectivity index (χ3v) is 10.3. The molecule has 3 saturated carbocycles. The van der Waals surface area contributed by atoms with E-state index < -0.39 is 0 Å². The second kappa shape index (κ2) is 8.71. The normalized spacial score (nSPS) is 31.6. The molecule has 5 heteroatoms. The monoisotopic (exact) mass is 441 g/mol. The molecule has 30 heavy (non-hydrogen) atoms. The van der Waals surface area contributed by atoms with Gasteiger partial charge in [-0.25, -0.2) is 0 Å². The van der Waals surface area contributed by atoms with E-state index in [1.807, 2.05) is 6.07 Å². The van der Waals surface area contributed by atoms with Crippen LogP contribution < -0.4 is 9.47 Å². The number of allylic oxidation sites excluding steroid dienone is 1. The van der Waals surface area contributed by atoms with Gasteiger partial charge in [-0.15, -0.1) is 23.5 Å². The Labute approximate surface area is 189 Å². The van der Waals surface area contributed by atoms with E-state index in [-0.39, 0.29) is 11.5 Å². The van der Waals surface area contributed by atoms with Gasteiger partial charge in [0, 0.05) is 4.24 Å². The van der Waals surface area contributed by atoms with Crippen LogP contribution in [-0.4, -0.2) is 24.7 Å². The Morgan fingerprint density at radius 2 is 1.70 bits per heavy atom. The van der Waals surface area contributed by atoms with Gasteiger partial charge < -0.3 is 9.47 Å². The average Bonchev–Trinajstić information content (AvgIpc) is 3.50. The van der Waals surface area contributed by atoms with Crippen molar-refractivity contribution < 1.29 is 9.47 Å². The first kappa shape index (κ1) is 20.6. The van der Waals surface area contributed by atoms with Gasteiger partial charge in [0.25, 0.3) is 0 Å². The van der Waals surface area contributed by atoms with Crippen molar-refractivity contribution >= 4 is 23.5 Å². The number of rotatable bonds is 4. The van der Waals surface area contributed by atoms with Crippen LogP contribution in [0.1, 0.15) is 63.4 Å². The summed E-state index contributed by atoms with van der Waals surface area (Å²) in [5, 5.41) is 10.3. The van der Waals surface area contributed by atoms with Gasteiger partial charge in [-0.3, -0.25) is 0 Å². The first-order chi connectivity index (χ1) is 14.7. The Hall–Kier alpha value is -1.25. The molecule has 160 valence electrons. The van der Waals surface area contributed by atoms with E-state index in [0.717, 1.165) is 42.7 Å². The molecule has 1 aromatic carbocycles. The van der Waals surface area contributed by atoms with E-state index in [0.29, 0.717) is 11.8 Å². The van der Waals surface area contributed by atoms with Crippen molar-refractivity contribution in [3.05, 3.63) is 33.6 Å². The number of methoxy groups -OCH3 is 1. The fourth-order valence-corrected chi connectivity index (χ4v) is 8.66. The highest BCUT2D eigenvalue weighted by Gasteiger charge is 2.50. The lowest BCUT2D eigenvalue weighted by Crippen LogP contribution is -2.22. The van der Waals surface area contributed by atoms with Crippen LogP contribution in [-0.2, 0) is 5.41 Å². The molecule has 4 fully saturated rings. The number of thioether (sulfide) groups is 2. The number of nitrogens with zero attached hydrogens (tertiary/aromatic N) is 1. The van der Waals surface area contributed by atoms with E-state index in [4.69, 9.17) is 9.47 Å². The van der Waals surface area contributed by atoms with Gasteiger partial charge in [0.2, 0.25) is 0 Å². The topological polar surface area (TPSA) is 42.2 Å². The molecule has 5 rings (SSSR count). The second-order valence-electron chi connectivity index (χ2n) is 9.36. The summed E-state index contributed by atoms with van der Waals surface area (Å²) < 4.78 is 13.5. The van der Waals surface area contributed by atoms with Crippen LogP contribution in [0, 0.1) is 23.2 Å². The molecule has 1 aliphatic heterocycles. The van der Waals surface area contributed by atoms with Crippen molar-refractivity contribution in [2.45, 2.75) is 69.3 Å². The first-order valence-corrected chi connectivity index (χ1v) is 13.4. The predicted octanol–water partition coefficient (Wildman–Crippen LogP) is 6.68. The Morgan fingerprint density at radius 3 is 2.33 bits per heavy atom. The zero-order valence-electron chi connectivity index (χ0n) is 17.8. The molecule has 0 radical (unpaired) electrons. The Balaban J connectivity index is 1.37. The highest BCUT2D eigenvalue weighted by Crippen LogP contribution is 2.58. The van der Waals surface area contributed by atoms with Gasteiger partial charge in [-0.1, -0.05) is 6.07 Å². The lowest BCUT2D eigenvalue weighted by atomic mass is 9.78. The second-order valence-corrected chi connectivity index (χ2v) is 11.8. The summed E-state index contributed by atoms with van der Waals surface area (Å²) in [5.41, 5.74) is 2.44. The number of benzene rings is 1. The molecule has 0 amide bonds. The summed E-state index contributed by atoms with van der Waals surface area (Å²) in [6, 6.07) is 8.99. The standard InChI is InChI=1S/C25H31NO2S2/c1-27-22-8-7-20(13-23(22)28-21-5-2-3-6-21)25(16-26)14-18-11-17(12-19(18)15-25)24-29-9-4-10-30-24/h7-8,13,18-19,21H,2-6,9-12,14-15H2,1H3. The van der Waals surface area contributed by atoms with Gasteiger partial charge in [0.15, 0.2) is 11.5 Å². The van der Waals surface area contributed by atoms with Crippen molar-refractivity contribution in [2.75, 3.05) is 18.6 Å². The third-order valence-electron chi connectivity index (χ3n) is 7.47. The smallest absolute Gasteiger partial charge is 0.161 e. The molecule has 3 nitrogen and oxygen atoms in total. The molecule has 0 N–H and O–H groups in total. The molecular formula is C25H31NO2S2. The van der Waals surface area contributed by atoms with Gasteiger partial charge in [0.1, 0.15) is 0 Å². The van der Waals surface area contributed by atoms with Crippen molar-refractivity contribution in [3.8, 4) is 17.6 Å². The van der Waals surface area contributed by atoms with Crippen LogP contribution in [0.4, 0.5) is 0 Å². The van der Waals surface area contributed by atoms with Crippen LogP contribution in [0.3, 0.4) is 0 Å². The molecule has 2 atom stereocenters. The Morgan fingerprint density at radius 1 is 1.00 bits per heavy atom. The van der Waals surface area contributed by atoms with E-state index in [2.05, 4.69) is 41.7 Å². The van der Waals surface area contributed by atoms with Gasteiger partial charge in [-0.2, -0.15) is 5.26 Å². The largest absolute Gasteiger partial charge is 0.493 e. The molecule has 1 saturated heterocycles. The molecule has 4 aliphatic rings. The molecule has 1 heterocycles. The molecule has 2 unspecified atom stereocenters. The van der Waals surface area contributed by atoms with Gasteiger partial charge in [-0.05, 0) is 104 Å². The maximum Gasteiger partial charge on any atom is 0.161 e. The van der Waals surface area contributed by atoms with Crippen LogP contribution in [0.15, 0.2) is 28.0 Å². The van der Waals surface area contributed by atoms with Crippen molar-refractivity contribution in [3.63, 3.8) is 0 Å². The molecule has 0 aromatic heterocycles. The molecule has 3 aliphatic carbocycles. The van der Waals surface area contributed by atoms with Gasteiger partial charge in [0.05, 0.1) is 24.7 Å². The first-order valence-electron chi connectivity index (χ1n) is 11.4. The minimum Gasteiger partial charge on any atom is -0.493 e. The Kier molecular flexibility index (Phi) is 5.99. The summed E-state index contributed by atoms with van der Waals surface area (Å²) in [6.45, 7) is 0. The van der Waals surface area contributed by atoms with Crippen molar-refractivity contribution in [1.82, 2.24) is 0 Å². The number of nitriles is 1. The number of ether oxygens (including phenoxy) is 2. The highest BCUT2D eigenvalue weighted by molar-refractivity contribution is 8.22. The minimum atomic E-state index is -0.377. The highest BCUT2D eigenvalue weighted by atomic mass is 32.2. The van der Waals surface area contributed by atoms with E-state index >= 15 is 0 Å². The number of hydrogen-bond acceptors (Lipinski definition) is 5. The van der Waals surface area contributed by atoms with E-state index in [1.165, 1.54) is 43.6 Å². The molecule has 0 spiro atoms. The summed E-state index contributed by atoms with van der Waals surface area (Å²) in [7, 11) is 1.70. The van der Waals surface area contributed by atoms with Crippen LogP contribution in [0.5, 0.6) is 11.5 Å². The average molecular weight is 442 g/mol. The lowest BCUT2D eigenvalue weighted by Gasteiger charge is -2.25.